The third-order valence-electron chi connectivity index (χ3n) is 3.31. The molecule has 0 fully saturated rings. The van der Waals surface area contributed by atoms with Crippen molar-refractivity contribution in [2.75, 3.05) is 20.0 Å². The molecule has 0 aliphatic carbocycles. The number of hydrogen-bond donors (Lipinski definition) is 2. The fraction of sp³-hybridized carbons (Fsp3) is 0.167. The largest absolute Gasteiger partial charge is 0.497 e. The summed E-state index contributed by atoms with van der Waals surface area (Å²) in [6.07, 6.45) is 3.18. The molecule has 1 amide bonds. The third kappa shape index (κ3) is 4.78. The van der Waals surface area contributed by atoms with E-state index in [0.29, 0.717) is 18.0 Å². The van der Waals surface area contributed by atoms with Gasteiger partial charge >= 0.3 is 0 Å². The van der Waals surface area contributed by atoms with E-state index < -0.39 is 0 Å². The van der Waals surface area contributed by atoms with E-state index in [1.165, 1.54) is 6.08 Å². The van der Waals surface area contributed by atoms with E-state index in [0.717, 1.165) is 16.9 Å². The topological polar surface area (TPSA) is 73.6 Å². The highest BCUT2D eigenvalue weighted by Gasteiger charge is 2.00. The maximum absolute atomic E-state index is 11.8. The number of nitrogen functional groups attached to an aromatic ring is 1. The number of anilines is 1. The van der Waals surface area contributed by atoms with Gasteiger partial charge < -0.3 is 20.5 Å². The molecular weight excluding hydrogens is 292 g/mol. The van der Waals surface area contributed by atoms with Crippen LogP contribution < -0.4 is 20.5 Å². The normalized spacial score (nSPS) is 10.5. The Morgan fingerprint density at radius 2 is 1.87 bits per heavy atom. The molecule has 0 spiro atoms. The molecule has 5 heteroatoms. The zero-order chi connectivity index (χ0) is 16.7. The molecule has 0 bridgehead atoms. The first-order chi connectivity index (χ1) is 11.1. The molecule has 0 saturated heterocycles. The van der Waals surface area contributed by atoms with E-state index in [1.807, 2.05) is 30.3 Å². The Morgan fingerprint density at radius 1 is 1.13 bits per heavy atom. The lowest BCUT2D eigenvalue weighted by molar-refractivity contribution is -0.116. The molecule has 0 heterocycles. The lowest BCUT2D eigenvalue weighted by atomic mass is 10.1. The van der Waals surface area contributed by atoms with E-state index in [2.05, 4.69) is 5.32 Å². The summed E-state index contributed by atoms with van der Waals surface area (Å²) in [6, 6.07) is 12.9. The first-order valence-corrected chi connectivity index (χ1v) is 7.14. The number of methoxy groups -OCH3 is 2. The van der Waals surface area contributed by atoms with E-state index in [4.69, 9.17) is 15.2 Å². The molecule has 3 N–H and O–H groups in total. The van der Waals surface area contributed by atoms with Gasteiger partial charge in [0.05, 0.1) is 19.9 Å². The number of nitrogens with one attached hydrogen (secondary N) is 1. The molecule has 2 aromatic rings. The number of benzene rings is 2. The summed E-state index contributed by atoms with van der Waals surface area (Å²) in [5.41, 5.74) is 8.20. The minimum Gasteiger partial charge on any atom is -0.497 e. The van der Waals surface area contributed by atoms with Gasteiger partial charge in [-0.3, -0.25) is 4.79 Å². The second kappa shape index (κ2) is 7.89. The van der Waals surface area contributed by atoms with E-state index >= 15 is 0 Å². The SMILES string of the molecule is COc1ccc(CNC(=O)/C=C\c2ccc(OC)c(N)c2)cc1. The van der Waals surface area contributed by atoms with Gasteiger partial charge in [-0.15, -0.1) is 0 Å². The molecule has 5 nitrogen and oxygen atoms in total. The maximum Gasteiger partial charge on any atom is 0.244 e. The number of amides is 1. The van der Waals surface area contributed by atoms with Crippen molar-refractivity contribution < 1.29 is 14.3 Å². The maximum atomic E-state index is 11.8. The Bertz CT molecular complexity index is 694. The van der Waals surface area contributed by atoms with Crippen LogP contribution in [-0.2, 0) is 11.3 Å². The molecule has 2 aromatic carbocycles. The predicted octanol–water partition coefficient (Wildman–Crippen LogP) is 2.62. The van der Waals surface area contributed by atoms with Crippen LogP contribution in [0.15, 0.2) is 48.5 Å². The van der Waals surface area contributed by atoms with Gasteiger partial charge in [0.1, 0.15) is 11.5 Å². The summed E-state index contributed by atoms with van der Waals surface area (Å²) >= 11 is 0. The number of ether oxygens (including phenoxy) is 2. The van der Waals surface area contributed by atoms with Gasteiger partial charge in [0.25, 0.3) is 0 Å². The molecule has 0 aliphatic rings. The smallest absolute Gasteiger partial charge is 0.244 e. The lowest BCUT2D eigenvalue weighted by Gasteiger charge is -2.05. The first-order valence-electron chi connectivity index (χ1n) is 7.14. The second-order valence-corrected chi connectivity index (χ2v) is 4.90. The van der Waals surface area contributed by atoms with Crippen LogP contribution in [0, 0.1) is 0 Å². The fourth-order valence-electron chi connectivity index (χ4n) is 2.02. The van der Waals surface area contributed by atoms with Crippen LogP contribution in [0.5, 0.6) is 11.5 Å². The molecule has 0 saturated carbocycles. The summed E-state index contributed by atoms with van der Waals surface area (Å²) in [4.78, 5) is 11.8. The molecule has 120 valence electrons. The van der Waals surface area contributed by atoms with Crippen LogP contribution in [0.25, 0.3) is 6.08 Å². The minimum absolute atomic E-state index is 0.171. The summed E-state index contributed by atoms with van der Waals surface area (Å²) < 4.78 is 10.2. The van der Waals surface area contributed by atoms with Crippen molar-refractivity contribution in [3.8, 4) is 11.5 Å². The van der Waals surface area contributed by atoms with Gasteiger partial charge in [0.2, 0.25) is 5.91 Å². The molecule has 0 atom stereocenters. The minimum atomic E-state index is -0.171. The average molecular weight is 312 g/mol. The molecular formula is C18H20N2O3. The van der Waals surface area contributed by atoms with Gasteiger partial charge in [0, 0.05) is 12.6 Å². The molecule has 2 rings (SSSR count). The highest BCUT2D eigenvalue weighted by atomic mass is 16.5. The molecule has 0 radical (unpaired) electrons. The van der Waals surface area contributed by atoms with Crippen LogP contribution in [0.2, 0.25) is 0 Å². The lowest BCUT2D eigenvalue weighted by Crippen LogP contribution is -2.20. The van der Waals surface area contributed by atoms with Gasteiger partial charge in [-0.25, -0.2) is 0 Å². The predicted molar refractivity (Wildman–Crippen MR) is 91.3 cm³/mol. The second-order valence-electron chi connectivity index (χ2n) is 4.90. The van der Waals surface area contributed by atoms with Crippen molar-refractivity contribution in [3.05, 3.63) is 59.7 Å². The number of hydrogen-bond acceptors (Lipinski definition) is 4. The van der Waals surface area contributed by atoms with Crippen LogP contribution in [-0.4, -0.2) is 20.1 Å². The summed E-state index contributed by atoms with van der Waals surface area (Å²) in [7, 11) is 3.18. The Kier molecular flexibility index (Phi) is 5.63. The number of nitrogens with two attached hydrogens (primary N) is 1. The van der Waals surface area contributed by atoms with Crippen molar-refractivity contribution in [1.82, 2.24) is 5.32 Å². The summed E-state index contributed by atoms with van der Waals surface area (Å²) in [6.45, 7) is 0.456. The highest BCUT2D eigenvalue weighted by Crippen LogP contribution is 2.22. The summed E-state index contributed by atoms with van der Waals surface area (Å²) in [5, 5.41) is 2.82. The van der Waals surface area contributed by atoms with Crippen molar-refractivity contribution in [3.63, 3.8) is 0 Å². The highest BCUT2D eigenvalue weighted by molar-refractivity contribution is 5.91. The average Bonchev–Trinajstić information content (AvgIpc) is 2.58. The van der Waals surface area contributed by atoms with E-state index in [9.17, 15) is 4.79 Å². The van der Waals surface area contributed by atoms with E-state index in [-0.39, 0.29) is 5.91 Å². The Balaban J connectivity index is 1.89. The van der Waals surface area contributed by atoms with Gasteiger partial charge in [-0.1, -0.05) is 18.2 Å². The van der Waals surface area contributed by atoms with Gasteiger partial charge in [-0.2, -0.15) is 0 Å². The summed E-state index contributed by atoms with van der Waals surface area (Å²) in [5.74, 6) is 1.23. The van der Waals surface area contributed by atoms with Crippen molar-refractivity contribution >= 4 is 17.7 Å². The van der Waals surface area contributed by atoms with Crippen molar-refractivity contribution in [2.45, 2.75) is 6.54 Å². The van der Waals surface area contributed by atoms with Crippen molar-refractivity contribution in [2.24, 2.45) is 0 Å². The molecule has 23 heavy (non-hydrogen) atoms. The van der Waals surface area contributed by atoms with Crippen LogP contribution in [0.4, 0.5) is 5.69 Å². The Labute approximate surface area is 135 Å². The molecule has 0 aromatic heterocycles. The number of carbonyl (C=O) groups excluding carboxylic acids is 1. The quantitative estimate of drug-likeness (QED) is 0.635. The van der Waals surface area contributed by atoms with Crippen molar-refractivity contribution in [1.29, 1.82) is 0 Å². The fourth-order valence-corrected chi connectivity index (χ4v) is 2.02. The van der Waals surface area contributed by atoms with E-state index in [1.54, 1.807) is 32.4 Å². The van der Waals surface area contributed by atoms with Crippen LogP contribution >= 0.6 is 0 Å². The Morgan fingerprint density at radius 3 is 2.48 bits per heavy atom. The zero-order valence-electron chi connectivity index (χ0n) is 13.2. The first kappa shape index (κ1) is 16.4. The zero-order valence-corrected chi connectivity index (χ0v) is 13.2. The number of carbonyl (C=O) groups is 1. The molecule has 0 aliphatic heterocycles. The standard InChI is InChI=1S/C18H20N2O3/c1-22-15-7-3-14(4-8-15)12-20-18(21)10-6-13-5-9-17(23-2)16(19)11-13/h3-11H,12,19H2,1-2H3,(H,20,21)/b10-6-. The van der Waals surface area contributed by atoms with Crippen LogP contribution in [0.1, 0.15) is 11.1 Å². The Hall–Kier alpha value is -2.95. The van der Waals surface area contributed by atoms with Crippen LogP contribution in [0.3, 0.4) is 0 Å². The number of rotatable bonds is 6. The third-order valence-corrected chi connectivity index (χ3v) is 3.31. The monoisotopic (exact) mass is 312 g/mol. The van der Waals surface area contributed by atoms with Gasteiger partial charge in [0.15, 0.2) is 0 Å². The molecule has 0 unspecified atom stereocenters. The van der Waals surface area contributed by atoms with Gasteiger partial charge in [-0.05, 0) is 41.5 Å².